The number of carbonyl (C=O) groups excluding carboxylic acids is 1. The number of rotatable bonds is 6. The molecule has 30 heavy (non-hydrogen) atoms. The highest BCUT2D eigenvalue weighted by atomic mass is 32.2. The summed E-state index contributed by atoms with van der Waals surface area (Å²) in [5.74, 6) is 0.846. The molecule has 3 aromatic rings. The van der Waals surface area contributed by atoms with E-state index in [2.05, 4.69) is 20.0 Å². The number of amides is 1. The van der Waals surface area contributed by atoms with Crippen molar-refractivity contribution < 1.29 is 13.2 Å². The zero-order chi connectivity index (χ0) is 21.3. The molecule has 0 saturated heterocycles. The lowest BCUT2D eigenvalue weighted by Crippen LogP contribution is -2.16. The molecule has 0 spiro atoms. The van der Waals surface area contributed by atoms with E-state index in [0.29, 0.717) is 17.2 Å². The fourth-order valence-corrected chi connectivity index (χ4v) is 4.46. The van der Waals surface area contributed by atoms with E-state index >= 15 is 0 Å². The first-order valence-electron chi connectivity index (χ1n) is 9.63. The lowest BCUT2D eigenvalue weighted by Gasteiger charge is -2.10. The maximum Gasteiger partial charge on any atom is 0.263 e. The lowest BCUT2D eigenvalue weighted by molar-refractivity contribution is -0.117. The fourth-order valence-electron chi connectivity index (χ4n) is 3.47. The summed E-state index contributed by atoms with van der Waals surface area (Å²) in [6.45, 7) is 3.47. The Kier molecular flexibility index (Phi) is 5.26. The summed E-state index contributed by atoms with van der Waals surface area (Å²) in [5, 5.41) is 2.87. The first kappa shape index (κ1) is 20.0. The second-order valence-electron chi connectivity index (χ2n) is 7.42. The summed E-state index contributed by atoms with van der Waals surface area (Å²) in [7, 11) is -3.79. The van der Waals surface area contributed by atoms with Crippen LogP contribution in [0.2, 0.25) is 0 Å². The van der Waals surface area contributed by atoms with Gasteiger partial charge >= 0.3 is 0 Å². The molecule has 0 aliphatic heterocycles. The van der Waals surface area contributed by atoms with Crippen molar-refractivity contribution in [3.63, 3.8) is 0 Å². The van der Waals surface area contributed by atoms with Crippen LogP contribution in [0.3, 0.4) is 0 Å². The second-order valence-corrected chi connectivity index (χ2v) is 9.10. The third-order valence-electron chi connectivity index (χ3n) is 4.99. The lowest BCUT2D eigenvalue weighted by atomic mass is 10.1. The number of carbonyl (C=O) groups is 1. The smallest absolute Gasteiger partial charge is 0.263 e. The topological polar surface area (TPSA) is 101 Å². The van der Waals surface area contributed by atoms with Gasteiger partial charge in [-0.2, -0.15) is 0 Å². The van der Waals surface area contributed by atoms with Gasteiger partial charge in [-0.1, -0.05) is 30.3 Å². The number of nitrogens with zero attached hydrogens (tertiary/aromatic N) is 2. The van der Waals surface area contributed by atoms with Crippen molar-refractivity contribution in [3.05, 3.63) is 77.7 Å². The van der Waals surface area contributed by atoms with Crippen molar-refractivity contribution >= 4 is 27.4 Å². The van der Waals surface area contributed by atoms with E-state index in [9.17, 15) is 13.2 Å². The molecule has 2 N–H and O–H groups in total. The van der Waals surface area contributed by atoms with E-state index < -0.39 is 10.0 Å². The highest BCUT2D eigenvalue weighted by Gasteiger charge is 2.43. The molecular weight excluding hydrogens is 400 g/mol. The van der Waals surface area contributed by atoms with Gasteiger partial charge in [-0.05, 0) is 56.0 Å². The number of nitrogens with one attached hydrogen (secondary N) is 2. The Labute approximate surface area is 175 Å². The molecular formula is C22H22N4O3S. The molecule has 7 nitrogen and oxygen atoms in total. The number of anilines is 2. The maximum absolute atomic E-state index is 12.6. The van der Waals surface area contributed by atoms with Crippen molar-refractivity contribution in [1.82, 2.24) is 9.97 Å². The third kappa shape index (κ3) is 4.49. The molecule has 1 aromatic heterocycles. The minimum atomic E-state index is -3.79. The average molecular weight is 423 g/mol. The molecule has 1 amide bonds. The van der Waals surface area contributed by atoms with Gasteiger partial charge in [0.15, 0.2) is 0 Å². The maximum atomic E-state index is 12.6. The van der Waals surface area contributed by atoms with Gasteiger partial charge in [0.25, 0.3) is 10.0 Å². The number of hydrogen-bond donors (Lipinski definition) is 2. The number of aryl methyl sites for hydroxylation is 2. The van der Waals surface area contributed by atoms with Crippen molar-refractivity contribution in [2.75, 3.05) is 10.0 Å². The predicted octanol–water partition coefficient (Wildman–Crippen LogP) is 3.64. The van der Waals surface area contributed by atoms with Crippen molar-refractivity contribution in [2.24, 2.45) is 5.92 Å². The minimum Gasteiger partial charge on any atom is -0.326 e. The van der Waals surface area contributed by atoms with Crippen molar-refractivity contribution in [3.8, 4) is 0 Å². The summed E-state index contributed by atoms with van der Waals surface area (Å²) in [5.41, 5.74) is 2.40. The predicted molar refractivity (Wildman–Crippen MR) is 115 cm³/mol. The normalized spacial score (nSPS) is 17.9. The van der Waals surface area contributed by atoms with E-state index in [1.807, 2.05) is 30.3 Å². The second kappa shape index (κ2) is 7.87. The Balaban J connectivity index is 1.41. The molecule has 1 aliphatic rings. The van der Waals surface area contributed by atoms with Crippen LogP contribution in [0.5, 0.6) is 0 Å². The van der Waals surface area contributed by atoms with Gasteiger partial charge in [0, 0.05) is 23.4 Å². The largest absolute Gasteiger partial charge is 0.326 e. The minimum absolute atomic E-state index is 0.0514. The van der Waals surface area contributed by atoms with Crippen LogP contribution >= 0.6 is 0 Å². The number of aromatic nitrogens is 2. The van der Waals surface area contributed by atoms with Crippen LogP contribution in [0.15, 0.2) is 65.6 Å². The summed E-state index contributed by atoms with van der Waals surface area (Å²) in [6.07, 6.45) is 0.823. The summed E-state index contributed by atoms with van der Waals surface area (Å²) in [4.78, 5) is 20.8. The molecule has 0 radical (unpaired) electrons. The standard InChI is InChI=1S/C22H22N4O3S/c1-14-12-21(24-15(2)23-14)26-30(28,29)18-10-8-17(9-11-18)25-22(27)20-13-19(20)16-6-4-3-5-7-16/h3-12,19-20H,13H2,1-2H3,(H,25,27)(H,23,24,26). The molecule has 154 valence electrons. The molecule has 1 aliphatic carbocycles. The fraction of sp³-hybridized carbons (Fsp3) is 0.227. The molecule has 2 atom stereocenters. The highest BCUT2D eigenvalue weighted by molar-refractivity contribution is 7.92. The van der Waals surface area contributed by atoms with E-state index in [4.69, 9.17) is 0 Å². The number of benzene rings is 2. The highest BCUT2D eigenvalue weighted by Crippen LogP contribution is 2.47. The first-order valence-corrected chi connectivity index (χ1v) is 11.1. The van der Waals surface area contributed by atoms with Gasteiger partial charge in [0.1, 0.15) is 11.6 Å². The van der Waals surface area contributed by atoms with Crippen molar-refractivity contribution in [1.29, 1.82) is 0 Å². The van der Waals surface area contributed by atoms with Crippen molar-refractivity contribution in [2.45, 2.75) is 31.1 Å². The number of hydrogen-bond acceptors (Lipinski definition) is 5. The zero-order valence-corrected chi connectivity index (χ0v) is 17.5. The SMILES string of the molecule is Cc1cc(NS(=O)(=O)c2ccc(NC(=O)C3CC3c3ccccc3)cc2)nc(C)n1. The van der Waals surface area contributed by atoms with E-state index in [1.54, 1.807) is 32.0 Å². The van der Waals surface area contributed by atoms with Gasteiger partial charge < -0.3 is 5.32 Å². The molecule has 2 unspecified atom stereocenters. The molecule has 1 heterocycles. The van der Waals surface area contributed by atoms with Crippen LogP contribution in [-0.2, 0) is 14.8 Å². The third-order valence-corrected chi connectivity index (χ3v) is 6.36. The van der Waals surface area contributed by atoms with Crippen LogP contribution in [0.4, 0.5) is 11.5 Å². The van der Waals surface area contributed by atoms with E-state index in [1.165, 1.54) is 17.7 Å². The molecule has 0 bridgehead atoms. The van der Waals surface area contributed by atoms with Crippen LogP contribution in [0, 0.1) is 19.8 Å². The van der Waals surface area contributed by atoms with Crippen LogP contribution in [-0.4, -0.2) is 24.3 Å². The summed E-state index contributed by atoms with van der Waals surface area (Å²) < 4.78 is 27.7. The zero-order valence-electron chi connectivity index (χ0n) is 16.7. The first-order chi connectivity index (χ1) is 14.3. The van der Waals surface area contributed by atoms with E-state index in [0.717, 1.165) is 6.42 Å². The Morgan fingerprint density at radius 2 is 1.70 bits per heavy atom. The quantitative estimate of drug-likeness (QED) is 0.632. The molecule has 8 heteroatoms. The van der Waals surface area contributed by atoms with Gasteiger partial charge in [0.05, 0.1) is 4.90 Å². The van der Waals surface area contributed by atoms with Crippen LogP contribution < -0.4 is 10.0 Å². The van der Waals surface area contributed by atoms with Gasteiger partial charge in [-0.25, -0.2) is 18.4 Å². The Morgan fingerprint density at radius 3 is 2.37 bits per heavy atom. The van der Waals surface area contributed by atoms with Gasteiger partial charge in [0.2, 0.25) is 5.91 Å². The van der Waals surface area contributed by atoms with Crippen LogP contribution in [0.1, 0.15) is 29.4 Å². The Morgan fingerprint density at radius 1 is 1.00 bits per heavy atom. The Bertz CT molecular complexity index is 1160. The summed E-state index contributed by atoms with van der Waals surface area (Å²) in [6, 6.07) is 17.6. The molecule has 2 aromatic carbocycles. The Hall–Kier alpha value is -3.26. The molecule has 1 saturated carbocycles. The van der Waals surface area contributed by atoms with Crippen LogP contribution in [0.25, 0.3) is 0 Å². The van der Waals surface area contributed by atoms with E-state index in [-0.39, 0.29) is 28.5 Å². The average Bonchev–Trinajstić information content (AvgIpc) is 3.49. The summed E-state index contributed by atoms with van der Waals surface area (Å²) >= 11 is 0. The molecule has 4 rings (SSSR count). The monoisotopic (exact) mass is 422 g/mol. The number of sulfonamides is 1. The van der Waals surface area contributed by atoms with Gasteiger partial charge in [-0.15, -0.1) is 0 Å². The van der Waals surface area contributed by atoms with Gasteiger partial charge in [-0.3, -0.25) is 9.52 Å². The molecule has 1 fully saturated rings.